The molecule has 8 heteroatoms. The van der Waals surface area contributed by atoms with Gasteiger partial charge in [-0.3, -0.25) is 4.98 Å². The van der Waals surface area contributed by atoms with Crippen molar-refractivity contribution in [1.82, 2.24) is 15.1 Å². The van der Waals surface area contributed by atoms with Crippen LogP contribution in [-0.4, -0.2) is 15.1 Å². The van der Waals surface area contributed by atoms with Crippen LogP contribution in [0.1, 0.15) is 37.2 Å². The Labute approximate surface area is 128 Å². The van der Waals surface area contributed by atoms with E-state index in [1.807, 2.05) is 6.92 Å². The molecule has 116 valence electrons. The van der Waals surface area contributed by atoms with E-state index >= 15 is 0 Å². The van der Waals surface area contributed by atoms with Gasteiger partial charge in [-0.05, 0) is 31.9 Å². The smallest absolute Gasteiger partial charge is 0.300 e. The number of allylic oxidation sites excluding steroid dienone is 2. The zero-order chi connectivity index (χ0) is 15.7. The van der Waals surface area contributed by atoms with E-state index in [0.717, 1.165) is 18.4 Å². The van der Waals surface area contributed by atoms with Crippen LogP contribution in [0.4, 0.5) is 8.78 Å². The fourth-order valence-electron chi connectivity index (χ4n) is 2.04. The van der Waals surface area contributed by atoms with E-state index in [9.17, 15) is 8.78 Å². The van der Waals surface area contributed by atoms with Gasteiger partial charge in [0, 0.05) is 5.57 Å². The predicted octanol–water partition coefficient (Wildman–Crippen LogP) is 3.54. The Kier molecular flexibility index (Phi) is 3.91. The fourth-order valence-corrected chi connectivity index (χ4v) is 2.21. The van der Waals surface area contributed by atoms with Gasteiger partial charge in [0.25, 0.3) is 11.6 Å². The van der Waals surface area contributed by atoms with Gasteiger partial charge in [0.05, 0.1) is 6.20 Å². The summed E-state index contributed by atoms with van der Waals surface area (Å²) in [6.45, 7) is 2.13. The Morgan fingerprint density at radius 2 is 2.18 bits per heavy atom. The highest BCUT2D eigenvalue weighted by Crippen LogP contribution is 2.35. The van der Waals surface area contributed by atoms with Gasteiger partial charge in [-0.15, -0.1) is 0 Å². The number of aromatic nitrogens is 3. The van der Waals surface area contributed by atoms with E-state index in [2.05, 4.69) is 15.1 Å². The lowest BCUT2D eigenvalue weighted by Crippen LogP contribution is -2.06. The molecule has 0 aromatic carbocycles. The number of ether oxygens (including phenoxy) is 1. The average Bonchev–Trinajstić information content (AvgIpc) is 2.91. The van der Waals surface area contributed by atoms with E-state index in [-0.39, 0.29) is 12.3 Å². The van der Waals surface area contributed by atoms with Gasteiger partial charge in [0.2, 0.25) is 5.82 Å². The maximum atomic E-state index is 13.0. The summed E-state index contributed by atoms with van der Waals surface area (Å²) < 4.78 is 36.6. The highest BCUT2D eigenvalue weighted by atomic mass is 31.0. The van der Waals surface area contributed by atoms with Crippen LogP contribution in [0.25, 0.3) is 5.57 Å². The molecular formula is C14H14F2N3O2P. The van der Waals surface area contributed by atoms with Gasteiger partial charge < -0.3 is 9.26 Å². The standard InChI is InChI=1S/C14H14F2N3O2P/c1-8-2-4-10(8)13-18-12(19-21-13)7-20-9-3-5-11(17-6-9)14(15,16)22/h3,5-6H,2,4,7,22H2,1H3. The van der Waals surface area contributed by atoms with Gasteiger partial charge in [-0.2, -0.15) is 13.8 Å². The Bertz CT molecular complexity index is 708. The number of hydrogen-bond donors (Lipinski definition) is 0. The van der Waals surface area contributed by atoms with Crippen LogP contribution in [0, 0.1) is 0 Å². The normalized spacial score (nSPS) is 14.9. The van der Waals surface area contributed by atoms with Crippen molar-refractivity contribution in [2.75, 3.05) is 0 Å². The lowest BCUT2D eigenvalue weighted by molar-refractivity contribution is 0.0984. The first-order valence-electron chi connectivity index (χ1n) is 6.71. The third-order valence-electron chi connectivity index (χ3n) is 3.44. The molecule has 2 heterocycles. The van der Waals surface area contributed by atoms with Crippen LogP contribution in [0.5, 0.6) is 5.75 Å². The Balaban J connectivity index is 1.62. The molecule has 0 amide bonds. The van der Waals surface area contributed by atoms with Crippen LogP contribution >= 0.6 is 9.24 Å². The number of halogens is 2. The summed E-state index contributed by atoms with van der Waals surface area (Å²) in [6.07, 6.45) is 3.25. The third-order valence-corrected chi connectivity index (χ3v) is 3.73. The molecule has 3 rings (SSSR count). The second kappa shape index (κ2) is 5.72. The van der Waals surface area contributed by atoms with Crippen LogP contribution in [0.2, 0.25) is 0 Å². The van der Waals surface area contributed by atoms with Crippen molar-refractivity contribution < 1.29 is 18.0 Å². The molecule has 2 aromatic rings. The van der Waals surface area contributed by atoms with Crippen molar-refractivity contribution >= 4 is 14.8 Å². The summed E-state index contributed by atoms with van der Waals surface area (Å²) >= 11 is 0. The molecular weight excluding hydrogens is 311 g/mol. The largest absolute Gasteiger partial charge is 0.484 e. The van der Waals surface area contributed by atoms with Crippen molar-refractivity contribution in [1.29, 1.82) is 0 Å². The summed E-state index contributed by atoms with van der Waals surface area (Å²) in [5, 5.41) is 3.84. The fraction of sp³-hybridized carbons (Fsp3) is 0.357. The zero-order valence-electron chi connectivity index (χ0n) is 11.8. The van der Waals surface area contributed by atoms with Gasteiger partial charge in [0.1, 0.15) is 11.4 Å². The van der Waals surface area contributed by atoms with Gasteiger partial charge in [-0.25, -0.2) is 0 Å². The Morgan fingerprint density at radius 3 is 2.73 bits per heavy atom. The molecule has 0 fully saturated rings. The van der Waals surface area contributed by atoms with Crippen molar-refractivity contribution in [3.05, 3.63) is 41.3 Å². The molecule has 0 spiro atoms. The van der Waals surface area contributed by atoms with E-state index in [1.165, 1.54) is 33.1 Å². The molecule has 1 aliphatic rings. The van der Waals surface area contributed by atoms with Gasteiger partial charge >= 0.3 is 0 Å². The van der Waals surface area contributed by atoms with E-state index in [4.69, 9.17) is 9.26 Å². The van der Waals surface area contributed by atoms with E-state index < -0.39 is 5.66 Å². The quantitative estimate of drug-likeness (QED) is 0.787. The number of pyridine rings is 1. The highest BCUT2D eigenvalue weighted by molar-refractivity contribution is 7.17. The summed E-state index contributed by atoms with van der Waals surface area (Å²) in [5.41, 5.74) is -1.03. The lowest BCUT2D eigenvalue weighted by Gasteiger charge is -2.16. The molecule has 1 aliphatic carbocycles. The van der Waals surface area contributed by atoms with Crippen molar-refractivity contribution in [3.63, 3.8) is 0 Å². The predicted molar refractivity (Wildman–Crippen MR) is 78.3 cm³/mol. The summed E-state index contributed by atoms with van der Waals surface area (Å²) in [7, 11) is 1.44. The van der Waals surface area contributed by atoms with Crippen LogP contribution in [-0.2, 0) is 12.3 Å². The van der Waals surface area contributed by atoms with Crippen molar-refractivity contribution in [2.24, 2.45) is 0 Å². The first-order valence-corrected chi connectivity index (χ1v) is 7.29. The molecule has 1 atom stereocenters. The Hall–Kier alpha value is -1.88. The van der Waals surface area contributed by atoms with E-state index in [0.29, 0.717) is 17.5 Å². The lowest BCUT2D eigenvalue weighted by atomic mass is 9.90. The van der Waals surface area contributed by atoms with Gasteiger partial charge in [-0.1, -0.05) is 20.0 Å². The molecule has 0 saturated heterocycles. The first kappa shape index (κ1) is 15.0. The minimum absolute atomic E-state index is 0.0914. The van der Waals surface area contributed by atoms with Crippen LogP contribution in [0.3, 0.4) is 0 Å². The minimum atomic E-state index is -3.05. The molecule has 5 nitrogen and oxygen atoms in total. The third kappa shape index (κ3) is 3.14. The second-order valence-electron chi connectivity index (χ2n) is 5.07. The van der Waals surface area contributed by atoms with Crippen molar-refractivity contribution in [3.8, 4) is 5.75 Å². The second-order valence-corrected chi connectivity index (χ2v) is 5.79. The SMILES string of the molecule is CC1=C(c2nc(COc3ccc(C(F)(F)P)nc3)no2)CC1. The van der Waals surface area contributed by atoms with Crippen molar-refractivity contribution in [2.45, 2.75) is 32.0 Å². The highest BCUT2D eigenvalue weighted by Gasteiger charge is 2.26. The van der Waals surface area contributed by atoms with E-state index in [1.54, 1.807) is 0 Å². The maximum Gasteiger partial charge on any atom is 0.300 e. The monoisotopic (exact) mass is 325 g/mol. The summed E-state index contributed by atoms with van der Waals surface area (Å²) in [6, 6.07) is 2.65. The molecule has 1 unspecified atom stereocenters. The maximum absolute atomic E-state index is 13.0. The zero-order valence-corrected chi connectivity index (χ0v) is 13.0. The Morgan fingerprint density at radius 1 is 1.36 bits per heavy atom. The average molecular weight is 325 g/mol. The molecule has 0 aliphatic heterocycles. The molecule has 0 bridgehead atoms. The number of alkyl halides is 2. The molecule has 0 N–H and O–H groups in total. The summed E-state index contributed by atoms with van der Waals surface area (Å²) in [4.78, 5) is 7.91. The molecule has 22 heavy (non-hydrogen) atoms. The number of hydrogen-bond acceptors (Lipinski definition) is 5. The minimum Gasteiger partial charge on any atom is -0.484 e. The first-order chi connectivity index (χ1) is 10.4. The number of rotatable bonds is 5. The molecule has 0 radical (unpaired) electrons. The van der Waals surface area contributed by atoms with Crippen LogP contribution < -0.4 is 4.74 Å². The molecule has 2 aromatic heterocycles. The summed E-state index contributed by atoms with van der Waals surface area (Å²) in [5.74, 6) is 1.30. The topological polar surface area (TPSA) is 61.0 Å². The number of nitrogens with zero attached hydrogens (tertiary/aromatic N) is 3. The van der Waals surface area contributed by atoms with Crippen LogP contribution in [0.15, 0.2) is 28.4 Å². The molecule has 0 saturated carbocycles. The van der Waals surface area contributed by atoms with Gasteiger partial charge in [0.15, 0.2) is 6.61 Å².